The molecule has 0 radical (unpaired) electrons. The first kappa shape index (κ1) is 19.6. The van der Waals surface area contributed by atoms with Crippen LogP contribution >= 0.6 is 0 Å². The highest BCUT2D eigenvalue weighted by Gasteiger charge is 2.31. The Labute approximate surface area is 150 Å². The summed E-state index contributed by atoms with van der Waals surface area (Å²) in [7, 11) is -1.31. The monoisotopic (exact) mass is 367 g/mol. The fourth-order valence-corrected chi connectivity index (χ4v) is 3.76. The first-order valence-electron chi connectivity index (χ1n) is 8.33. The molecule has 0 spiro atoms. The normalized spacial score (nSPS) is 23.6. The van der Waals surface area contributed by atoms with Crippen LogP contribution in [0.5, 0.6) is 5.75 Å². The number of aliphatic carboxylic acids is 1. The van der Waals surface area contributed by atoms with Crippen LogP contribution in [0.2, 0.25) is 0 Å². The molecule has 25 heavy (non-hydrogen) atoms. The highest BCUT2D eigenvalue weighted by Crippen LogP contribution is 2.26. The second-order valence-corrected chi connectivity index (χ2v) is 7.87. The molecule has 4 atom stereocenters. The number of rotatable bonds is 8. The Morgan fingerprint density at radius 3 is 2.80 bits per heavy atom. The zero-order chi connectivity index (χ0) is 18.4. The summed E-state index contributed by atoms with van der Waals surface area (Å²) in [5, 5.41) is 21.8. The number of ether oxygens (including phenoxy) is 1. The lowest BCUT2D eigenvalue weighted by Crippen LogP contribution is -2.46. The van der Waals surface area contributed by atoms with Gasteiger partial charge in [-0.25, -0.2) is 0 Å². The van der Waals surface area contributed by atoms with Crippen molar-refractivity contribution in [3.05, 3.63) is 36.4 Å². The van der Waals surface area contributed by atoms with Crippen LogP contribution in [-0.2, 0) is 15.6 Å². The lowest BCUT2D eigenvalue weighted by molar-refractivity contribution is -0.137. The molecule has 1 aliphatic heterocycles. The van der Waals surface area contributed by atoms with Crippen LogP contribution in [-0.4, -0.2) is 44.5 Å². The van der Waals surface area contributed by atoms with Crippen LogP contribution in [0, 0.1) is 5.92 Å². The van der Waals surface area contributed by atoms with Crippen molar-refractivity contribution in [2.75, 3.05) is 13.2 Å². The van der Waals surface area contributed by atoms with Gasteiger partial charge in [-0.05, 0) is 31.5 Å². The van der Waals surface area contributed by atoms with Crippen LogP contribution < -0.4 is 10.1 Å². The molecular weight excluding hydrogens is 342 g/mol. The topological polar surface area (TPSA) is 95.9 Å². The van der Waals surface area contributed by atoms with Crippen molar-refractivity contribution >= 4 is 16.8 Å². The number of carboxylic acids is 1. The lowest BCUT2D eigenvalue weighted by atomic mass is 9.85. The van der Waals surface area contributed by atoms with E-state index in [-0.39, 0.29) is 24.3 Å². The molecule has 0 aromatic heterocycles. The molecule has 2 rings (SSSR count). The Bertz CT molecular complexity index is 659. The minimum Gasteiger partial charge on any atom is -0.493 e. The summed E-state index contributed by atoms with van der Waals surface area (Å²) in [5.74, 6) is -0.441. The smallest absolute Gasteiger partial charge is 0.306 e. The van der Waals surface area contributed by atoms with Gasteiger partial charge in [0.2, 0.25) is 0 Å². The molecule has 1 heterocycles. The molecule has 1 aliphatic rings. The van der Waals surface area contributed by atoms with Crippen molar-refractivity contribution in [1.82, 2.24) is 5.32 Å². The highest BCUT2D eigenvalue weighted by molar-refractivity contribution is 7.85. The summed E-state index contributed by atoms with van der Waals surface area (Å²) in [6.07, 6.45) is 4.33. The van der Waals surface area contributed by atoms with E-state index in [1.807, 2.05) is 19.1 Å². The first-order valence-corrected chi connectivity index (χ1v) is 9.54. The third-order valence-electron chi connectivity index (χ3n) is 4.42. The van der Waals surface area contributed by atoms with Gasteiger partial charge < -0.3 is 14.9 Å². The second-order valence-electron chi connectivity index (χ2n) is 6.30. The zero-order valence-corrected chi connectivity index (χ0v) is 15.3. The maximum Gasteiger partial charge on any atom is 0.306 e. The van der Waals surface area contributed by atoms with E-state index in [4.69, 9.17) is 9.84 Å². The largest absolute Gasteiger partial charge is 0.493 e. The Balaban J connectivity index is 2.01. The van der Waals surface area contributed by atoms with Gasteiger partial charge in [-0.2, -0.15) is 0 Å². The number of hydrogen-bond acceptors (Lipinski definition) is 5. The zero-order valence-electron chi connectivity index (χ0n) is 14.5. The number of nitrogens with one attached hydrogen (secondary N) is 1. The maximum atomic E-state index is 12.7. The Morgan fingerprint density at radius 2 is 2.20 bits per heavy atom. The van der Waals surface area contributed by atoms with Crippen LogP contribution in [0.15, 0.2) is 41.3 Å². The third kappa shape index (κ3) is 5.39. The Morgan fingerprint density at radius 1 is 1.44 bits per heavy atom. The Hall–Kier alpha value is -1.70. The van der Waals surface area contributed by atoms with E-state index in [9.17, 15) is 14.1 Å². The fraction of sp³-hybridized carbons (Fsp3) is 0.500. The summed E-state index contributed by atoms with van der Waals surface area (Å²) >= 11 is 0. The first-order chi connectivity index (χ1) is 11.8. The quantitative estimate of drug-likeness (QED) is 0.608. The van der Waals surface area contributed by atoms with Gasteiger partial charge in [-0.3, -0.25) is 14.3 Å². The van der Waals surface area contributed by atoms with E-state index < -0.39 is 22.4 Å². The van der Waals surface area contributed by atoms with Crippen LogP contribution in [0.25, 0.3) is 0 Å². The average molecular weight is 367 g/mol. The maximum absolute atomic E-state index is 12.7. The number of carboxylic acid groups (broad SMARTS) is 1. The molecule has 3 unspecified atom stereocenters. The SMILES string of the molecule is CC[C@](C)(O)C1C=CC(S(=O)c2cccc(OCCC(=O)O)c2)NC1. The lowest BCUT2D eigenvalue weighted by Gasteiger charge is -2.34. The molecule has 3 N–H and O–H groups in total. The van der Waals surface area contributed by atoms with E-state index in [0.29, 0.717) is 23.6 Å². The van der Waals surface area contributed by atoms with Gasteiger partial charge >= 0.3 is 5.97 Å². The van der Waals surface area contributed by atoms with Gasteiger partial charge in [-0.1, -0.05) is 25.1 Å². The summed E-state index contributed by atoms with van der Waals surface area (Å²) in [6, 6.07) is 6.87. The van der Waals surface area contributed by atoms with E-state index in [0.717, 1.165) is 0 Å². The van der Waals surface area contributed by atoms with Crippen molar-refractivity contribution in [1.29, 1.82) is 0 Å². The standard InChI is InChI=1S/C18H25NO5S/c1-3-18(2,22)13-7-8-16(19-12-13)25(23)15-6-4-5-14(11-15)24-10-9-17(20)21/h4-8,11,13,16,19,22H,3,9-10,12H2,1-2H3,(H,20,21)/t13?,16?,18-,25?/m0/s1. The average Bonchev–Trinajstić information content (AvgIpc) is 2.61. The molecule has 1 aromatic carbocycles. The van der Waals surface area contributed by atoms with E-state index >= 15 is 0 Å². The van der Waals surface area contributed by atoms with Gasteiger partial charge in [0.25, 0.3) is 0 Å². The molecule has 6 nitrogen and oxygen atoms in total. The number of hydrogen-bond donors (Lipinski definition) is 3. The summed E-state index contributed by atoms with van der Waals surface area (Å²) in [6.45, 7) is 4.37. The van der Waals surface area contributed by atoms with Crippen molar-refractivity contribution in [2.45, 2.75) is 42.6 Å². The van der Waals surface area contributed by atoms with Gasteiger partial charge in [-0.15, -0.1) is 0 Å². The molecule has 0 amide bonds. The van der Waals surface area contributed by atoms with Crippen LogP contribution in [0.1, 0.15) is 26.7 Å². The number of benzene rings is 1. The van der Waals surface area contributed by atoms with E-state index in [1.165, 1.54) is 0 Å². The number of aliphatic hydroxyl groups is 1. The van der Waals surface area contributed by atoms with E-state index in [1.54, 1.807) is 31.2 Å². The fourth-order valence-electron chi connectivity index (χ4n) is 2.54. The predicted molar refractivity (Wildman–Crippen MR) is 95.9 cm³/mol. The van der Waals surface area contributed by atoms with Gasteiger partial charge in [0, 0.05) is 17.4 Å². The second kappa shape index (κ2) is 8.60. The van der Waals surface area contributed by atoms with Crippen molar-refractivity contribution < 1.29 is 24.0 Å². The van der Waals surface area contributed by atoms with Crippen LogP contribution in [0.3, 0.4) is 0 Å². The summed E-state index contributed by atoms with van der Waals surface area (Å²) in [5.41, 5.74) is -0.784. The minimum absolute atomic E-state index is 0.0172. The molecule has 0 fully saturated rings. The number of carbonyl (C=O) groups is 1. The van der Waals surface area contributed by atoms with Crippen molar-refractivity contribution in [3.63, 3.8) is 0 Å². The van der Waals surface area contributed by atoms with Crippen LogP contribution in [0.4, 0.5) is 0 Å². The molecule has 1 aromatic rings. The summed E-state index contributed by atoms with van der Waals surface area (Å²) in [4.78, 5) is 11.1. The molecule has 0 saturated carbocycles. The molecule has 0 aliphatic carbocycles. The molecule has 7 heteroatoms. The molecule has 0 saturated heterocycles. The summed E-state index contributed by atoms with van der Waals surface area (Å²) < 4.78 is 18.1. The van der Waals surface area contributed by atoms with Gasteiger partial charge in [0.05, 0.1) is 29.4 Å². The predicted octanol–water partition coefficient (Wildman–Crippen LogP) is 1.91. The molecule has 0 bridgehead atoms. The molecular formula is C18H25NO5S. The third-order valence-corrected chi connectivity index (χ3v) is 5.93. The highest BCUT2D eigenvalue weighted by atomic mass is 32.2. The van der Waals surface area contributed by atoms with Crippen molar-refractivity contribution in [2.24, 2.45) is 5.92 Å². The van der Waals surface area contributed by atoms with Crippen molar-refractivity contribution in [3.8, 4) is 5.75 Å². The minimum atomic E-state index is -1.31. The molecule has 138 valence electrons. The van der Waals surface area contributed by atoms with E-state index in [2.05, 4.69) is 5.32 Å². The van der Waals surface area contributed by atoms with Gasteiger partial charge in [0.1, 0.15) is 11.1 Å². The Kier molecular flexibility index (Phi) is 6.75. The van der Waals surface area contributed by atoms with Gasteiger partial charge in [0.15, 0.2) is 0 Å².